The van der Waals surface area contributed by atoms with E-state index in [0.717, 1.165) is 4.90 Å². The van der Waals surface area contributed by atoms with Crippen molar-refractivity contribution in [2.24, 2.45) is 0 Å². The van der Waals surface area contributed by atoms with Crippen LogP contribution in [-0.2, 0) is 0 Å². The molecule has 0 bridgehead atoms. The van der Waals surface area contributed by atoms with Gasteiger partial charge < -0.3 is 5.73 Å². The molecule has 1 aromatic heterocycles. The molecule has 23 heavy (non-hydrogen) atoms. The molecule has 0 saturated heterocycles. The first kappa shape index (κ1) is 15.4. The highest BCUT2D eigenvalue weighted by atomic mass is 32.2. The van der Waals surface area contributed by atoms with E-state index < -0.39 is 11.6 Å². The molecule has 2 aromatic carbocycles. The van der Waals surface area contributed by atoms with Crippen LogP contribution >= 0.6 is 11.8 Å². The molecule has 3 nitrogen and oxygen atoms in total. The zero-order valence-corrected chi connectivity index (χ0v) is 13.1. The Hall–Kier alpha value is -2.47. The smallest absolute Gasteiger partial charge is 0.168 e. The zero-order chi connectivity index (χ0) is 16.4. The Labute approximate surface area is 136 Å². The molecule has 1 heterocycles. The number of thioether (sulfide) groups is 1. The van der Waals surface area contributed by atoms with Gasteiger partial charge in [0.2, 0.25) is 0 Å². The van der Waals surface area contributed by atoms with Crippen LogP contribution < -0.4 is 5.73 Å². The first-order chi connectivity index (χ1) is 11.1. The SMILES string of the molecule is CSc1ccccc1-c1ccc(-c2cnc(N)cn2)c(F)c1F. The van der Waals surface area contributed by atoms with Crippen LogP contribution in [0, 0.1) is 11.6 Å². The molecule has 3 rings (SSSR count). The molecule has 0 amide bonds. The highest BCUT2D eigenvalue weighted by Gasteiger charge is 2.18. The minimum absolute atomic E-state index is 0.0559. The fourth-order valence-electron chi connectivity index (χ4n) is 2.30. The van der Waals surface area contributed by atoms with Crippen LogP contribution in [0.25, 0.3) is 22.4 Å². The van der Waals surface area contributed by atoms with Crippen molar-refractivity contribution in [2.75, 3.05) is 12.0 Å². The molecule has 116 valence electrons. The van der Waals surface area contributed by atoms with Gasteiger partial charge in [0, 0.05) is 16.0 Å². The van der Waals surface area contributed by atoms with Crippen LogP contribution in [0.2, 0.25) is 0 Å². The summed E-state index contributed by atoms with van der Waals surface area (Å²) >= 11 is 1.48. The van der Waals surface area contributed by atoms with Crippen LogP contribution in [0.4, 0.5) is 14.6 Å². The fourth-order valence-corrected chi connectivity index (χ4v) is 2.91. The Kier molecular flexibility index (Phi) is 4.25. The van der Waals surface area contributed by atoms with Gasteiger partial charge in [0.1, 0.15) is 5.82 Å². The molecule has 0 fully saturated rings. The van der Waals surface area contributed by atoms with Gasteiger partial charge in [-0.1, -0.05) is 24.3 Å². The van der Waals surface area contributed by atoms with E-state index in [2.05, 4.69) is 9.97 Å². The molecular formula is C17H13F2N3S. The monoisotopic (exact) mass is 329 g/mol. The predicted molar refractivity (Wildman–Crippen MR) is 89.0 cm³/mol. The van der Waals surface area contributed by atoms with Gasteiger partial charge in [0.15, 0.2) is 11.6 Å². The second-order valence-corrected chi connectivity index (χ2v) is 5.66. The second kappa shape index (κ2) is 6.34. The van der Waals surface area contributed by atoms with E-state index in [4.69, 9.17) is 5.73 Å². The molecule has 2 N–H and O–H groups in total. The van der Waals surface area contributed by atoms with Crippen LogP contribution in [0.15, 0.2) is 53.7 Å². The molecule has 0 aliphatic rings. The van der Waals surface area contributed by atoms with E-state index in [9.17, 15) is 8.78 Å². The van der Waals surface area contributed by atoms with Crippen molar-refractivity contribution >= 4 is 17.6 Å². The Morgan fingerprint density at radius 3 is 2.26 bits per heavy atom. The van der Waals surface area contributed by atoms with Crippen molar-refractivity contribution in [3.05, 3.63) is 60.4 Å². The average molecular weight is 329 g/mol. The minimum atomic E-state index is -0.947. The molecule has 0 unspecified atom stereocenters. The Morgan fingerprint density at radius 2 is 1.57 bits per heavy atom. The van der Waals surface area contributed by atoms with Crippen LogP contribution in [0.3, 0.4) is 0 Å². The summed E-state index contributed by atoms with van der Waals surface area (Å²) in [4.78, 5) is 8.73. The van der Waals surface area contributed by atoms with Crippen LogP contribution in [-0.4, -0.2) is 16.2 Å². The average Bonchev–Trinajstić information content (AvgIpc) is 2.58. The molecule has 0 atom stereocenters. The molecule has 0 aliphatic carbocycles. The zero-order valence-electron chi connectivity index (χ0n) is 12.3. The molecular weight excluding hydrogens is 316 g/mol. The topological polar surface area (TPSA) is 51.8 Å². The summed E-state index contributed by atoms with van der Waals surface area (Å²) in [6.45, 7) is 0. The summed E-state index contributed by atoms with van der Waals surface area (Å²) in [7, 11) is 0. The highest BCUT2D eigenvalue weighted by Crippen LogP contribution is 2.35. The van der Waals surface area contributed by atoms with Crippen molar-refractivity contribution in [1.82, 2.24) is 9.97 Å². The van der Waals surface area contributed by atoms with Crippen molar-refractivity contribution < 1.29 is 8.78 Å². The number of nitrogens with two attached hydrogens (primary N) is 1. The van der Waals surface area contributed by atoms with E-state index in [1.54, 1.807) is 18.2 Å². The third-order valence-corrected chi connectivity index (χ3v) is 4.22. The number of aromatic nitrogens is 2. The predicted octanol–water partition coefficient (Wildman–Crippen LogP) is 4.39. The fraction of sp³-hybridized carbons (Fsp3) is 0.0588. The van der Waals surface area contributed by atoms with E-state index in [1.165, 1.54) is 30.2 Å². The standard InChI is InChI=1S/C17H13F2N3S/c1-23-14-5-3-2-4-10(14)11-6-7-12(17(19)16(11)18)13-8-22-15(20)9-21-13/h2-9H,1H3,(H2,20,22). The highest BCUT2D eigenvalue weighted by molar-refractivity contribution is 7.98. The minimum Gasteiger partial charge on any atom is -0.382 e. The van der Waals surface area contributed by atoms with Gasteiger partial charge in [0.05, 0.1) is 18.1 Å². The lowest BCUT2D eigenvalue weighted by molar-refractivity contribution is 0.513. The lowest BCUT2D eigenvalue weighted by Gasteiger charge is -2.11. The number of hydrogen-bond donors (Lipinski definition) is 1. The van der Waals surface area contributed by atoms with Crippen molar-refractivity contribution in [3.63, 3.8) is 0 Å². The van der Waals surface area contributed by atoms with Gasteiger partial charge in [-0.2, -0.15) is 0 Å². The number of anilines is 1. The maximum Gasteiger partial charge on any atom is 0.168 e. The van der Waals surface area contributed by atoms with E-state index in [0.29, 0.717) is 5.56 Å². The first-order valence-corrected chi connectivity index (χ1v) is 8.03. The Morgan fingerprint density at radius 1 is 0.870 bits per heavy atom. The van der Waals surface area contributed by atoms with E-state index in [1.807, 2.05) is 18.4 Å². The van der Waals surface area contributed by atoms with Gasteiger partial charge in [-0.15, -0.1) is 11.8 Å². The van der Waals surface area contributed by atoms with Gasteiger partial charge in [-0.25, -0.2) is 13.8 Å². The molecule has 0 radical (unpaired) electrons. The third-order valence-electron chi connectivity index (χ3n) is 3.43. The number of nitrogens with zero attached hydrogens (tertiary/aromatic N) is 2. The van der Waals surface area contributed by atoms with Crippen LogP contribution in [0.1, 0.15) is 0 Å². The molecule has 0 spiro atoms. The van der Waals surface area contributed by atoms with E-state index >= 15 is 0 Å². The summed E-state index contributed by atoms with van der Waals surface area (Å²) in [6.07, 6.45) is 4.53. The second-order valence-electron chi connectivity index (χ2n) is 4.82. The first-order valence-electron chi connectivity index (χ1n) is 6.81. The van der Waals surface area contributed by atoms with Crippen LogP contribution in [0.5, 0.6) is 0 Å². The number of rotatable bonds is 3. The van der Waals surface area contributed by atoms with Crippen molar-refractivity contribution in [1.29, 1.82) is 0 Å². The van der Waals surface area contributed by atoms with Gasteiger partial charge in [0.25, 0.3) is 0 Å². The molecule has 6 heteroatoms. The maximum absolute atomic E-state index is 14.6. The molecule has 0 saturated carbocycles. The number of benzene rings is 2. The Bertz CT molecular complexity index is 851. The molecule has 3 aromatic rings. The normalized spacial score (nSPS) is 10.7. The van der Waals surface area contributed by atoms with Gasteiger partial charge in [-0.05, 0) is 24.0 Å². The number of nitrogen functional groups attached to an aromatic ring is 1. The van der Waals surface area contributed by atoms with Gasteiger partial charge in [-0.3, -0.25) is 4.98 Å². The Balaban J connectivity index is 2.13. The summed E-state index contributed by atoms with van der Waals surface area (Å²) in [6, 6.07) is 10.4. The lowest BCUT2D eigenvalue weighted by Crippen LogP contribution is -1.98. The lowest BCUT2D eigenvalue weighted by atomic mass is 10.0. The quantitative estimate of drug-likeness (QED) is 0.724. The molecule has 0 aliphatic heterocycles. The third kappa shape index (κ3) is 2.90. The summed E-state index contributed by atoms with van der Waals surface area (Å²) < 4.78 is 29.1. The number of hydrogen-bond acceptors (Lipinski definition) is 4. The van der Waals surface area contributed by atoms with E-state index in [-0.39, 0.29) is 22.6 Å². The largest absolute Gasteiger partial charge is 0.382 e. The van der Waals surface area contributed by atoms with Gasteiger partial charge >= 0.3 is 0 Å². The van der Waals surface area contributed by atoms with Crippen molar-refractivity contribution in [2.45, 2.75) is 4.90 Å². The summed E-state index contributed by atoms with van der Waals surface area (Å²) in [5.41, 5.74) is 6.63. The van der Waals surface area contributed by atoms with Crippen molar-refractivity contribution in [3.8, 4) is 22.4 Å². The maximum atomic E-state index is 14.6. The summed E-state index contributed by atoms with van der Waals surface area (Å²) in [5.74, 6) is -1.62. The summed E-state index contributed by atoms with van der Waals surface area (Å²) in [5, 5.41) is 0. The number of halogens is 2.